The molecule has 1 aromatic rings. The molecule has 0 saturated heterocycles. The predicted molar refractivity (Wildman–Crippen MR) is 42.2 cm³/mol. The Hall–Kier alpha value is -0.980. The maximum atomic E-state index is 9.69. The Morgan fingerprint density at radius 3 is 3.30 bits per heavy atom. The van der Waals surface area contributed by atoms with Crippen LogP contribution in [-0.2, 0) is 0 Å². The van der Waals surface area contributed by atoms with Gasteiger partial charge in [0.05, 0.1) is 2.74 Å². The number of hydrogen-bond acceptors (Lipinski definition) is 1. The Balaban J connectivity index is 3.71. The van der Waals surface area contributed by atoms with Crippen LogP contribution in [0.1, 0.15) is 37.5 Å². The molecular weight excluding hydrogens is 124 g/mol. The molecule has 1 heteroatoms. The quantitative estimate of drug-likeness (QED) is 0.643. The lowest BCUT2D eigenvalue weighted by molar-refractivity contribution is 0.465. The number of benzene rings is 1. The Morgan fingerprint density at radius 1 is 1.80 bits per heavy atom. The second kappa shape index (κ2) is 2.74. The zero-order valence-corrected chi connectivity index (χ0v) is 5.10. The number of phenols is 1. The third-order valence-electron chi connectivity index (χ3n) is 1.04. The van der Waals surface area contributed by atoms with Crippen LogP contribution in [0.25, 0.3) is 0 Å². The smallest absolute Gasteiger partial charge is 0.119 e. The molecule has 0 heterocycles. The van der Waals surface area contributed by atoms with E-state index >= 15 is 0 Å². The lowest BCUT2D eigenvalue weighted by Gasteiger charge is -2.05. The van der Waals surface area contributed by atoms with Crippen LogP contribution in [0.15, 0.2) is 24.2 Å². The zero-order valence-electron chi connectivity index (χ0n) is 14.1. The first-order chi connectivity index (χ1) is 8.32. The molecular formula is C9H12O. The van der Waals surface area contributed by atoms with Crippen molar-refractivity contribution in [2.45, 2.75) is 19.6 Å². The second-order valence-electron chi connectivity index (χ2n) is 1.74. The van der Waals surface area contributed by atoms with Crippen LogP contribution >= 0.6 is 0 Å². The van der Waals surface area contributed by atoms with Crippen LogP contribution in [0, 0.1) is 0 Å². The fourth-order valence-electron chi connectivity index (χ4n) is 0.572. The van der Waals surface area contributed by atoms with Gasteiger partial charge in [-0.25, -0.2) is 0 Å². The monoisotopic (exact) mass is 145 g/mol. The largest absolute Gasteiger partial charge is 0.508 e. The third-order valence-corrected chi connectivity index (χ3v) is 1.04. The summed E-state index contributed by atoms with van der Waals surface area (Å²) < 4.78 is 66.2. The number of phenolic OH excluding ortho intramolecular Hbond substituents is 1. The van der Waals surface area contributed by atoms with E-state index in [1.54, 1.807) is 0 Å². The minimum atomic E-state index is -3.25. The van der Waals surface area contributed by atoms with Gasteiger partial charge in [-0.1, -0.05) is 31.9 Å². The standard InChI is InChI=1S/C9H12O/c1-7(2)8-5-3-4-6-9(8)10/h3-7,10H,1-2H3/i1D3,2D3,3D,6D,7D. The van der Waals surface area contributed by atoms with Gasteiger partial charge in [0.15, 0.2) is 0 Å². The van der Waals surface area contributed by atoms with E-state index in [9.17, 15) is 5.11 Å². The molecule has 0 fully saturated rings. The van der Waals surface area contributed by atoms with Crippen molar-refractivity contribution >= 4 is 0 Å². The van der Waals surface area contributed by atoms with Crippen molar-refractivity contribution in [1.29, 1.82) is 0 Å². The SMILES string of the molecule is [2H]c1cc([2H])c(O)c(C([2H])(C([2H])([2H])[2H])C([2H])([2H])[2H])c1. The van der Waals surface area contributed by atoms with Gasteiger partial charge in [0.1, 0.15) is 5.75 Å². The van der Waals surface area contributed by atoms with Gasteiger partial charge >= 0.3 is 0 Å². The first-order valence-corrected chi connectivity index (χ1v) is 2.63. The summed E-state index contributed by atoms with van der Waals surface area (Å²) in [6, 6.07) is 0.785. The highest BCUT2D eigenvalue weighted by atomic mass is 16.3. The van der Waals surface area contributed by atoms with Crippen molar-refractivity contribution in [2.75, 3.05) is 0 Å². The molecule has 1 nitrogen and oxygen atoms in total. The summed E-state index contributed by atoms with van der Waals surface area (Å²) in [6.07, 6.45) is 0. The maximum absolute atomic E-state index is 9.69. The van der Waals surface area contributed by atoms with Crippen molar-refractivity contribution in [1.82, 2.24) is 0 Å². The van der Waals surface area contributed by atoms with E-state index in [0.717, 1.165) is 12.1 Å². The fourth-order valence-corrected chi connectivity index (χ4v) is 0.572. The first-order valence-electron chi connectivity index (χ1n) is 7.13. The highest BCUT2D eigenvalue weighted by Gasteiger charge is 2.01. The van der Waals surface area contributed by atoms with Crippen molar-refractivity contribution in [2.24, 2.45) is 0 Å². The molecule has 0 aromatic heterocycles. The molecule has 0 aliphatic carbocycles. The van der Waals surface area contributed by atoms with E-state index in [1.165, 1.54) is 0 Å². The number of para-hydroxylation sites is 1. The average Bonchev–Trinajstić information content (AvgIpc) is 2.18. The van der Waals surface area contributed by atoms with Crippen molar-refractivity contribution in [3.8, 4) is 5.75 Å². The van der Waals surface area contributed by atoms with Gasteiger partial charge in [0, 0.05) is 9.60 Å². The molecule has 0 saturated carbocycles. The molecule has 1 rings (SSSR count). The summed E-state index contributed by atoms with van der Waals surface area (Å²) in [6.45, 7) is -6.51. The molecule has 0 unspecified atom stereocenters. The van der Waals surface area contributed by atoms with Crippen molar-refractivity contribution in [3.63, 3.8) is 0 Å². The van der Waals surface area contributed by atoms with Gasteiger partial charge in [-0.2, -0.15) is 0 Å². The highest BCUT2D eigenvalue weighted by molar-refractivity contribution is 5.33. The number of hydrogen-bond donors (Lipinski definition) is 1. The third kappa shape index (κ3) is 1.29. The average molecular weight is 145 g/mol. The van der Waals surface area contributed by atoms with E-state index < -0.39 is 37.0 Å². The normalized spacial score (nSPS) is 27.0. The Morgan fingerprint density at radius 2 is 2.60 bits per heavy atom. The van der Waals surface area contributed by atoms with E-state index in [0.29, 0.717) is 0 Å². The highest BCUT2D eigenvalue weighted by Crippen LogP contribution is 2.23. The van der Waals surface area contributed by atoms with Crippen LogP contribution in [0.4, 0.5) is 0 Å². The molecule has 0 radical (unpaired) electrons. The lowest BCUT2D eigenvalue weighted by Crippen LogP contribution is -1.85. The molecule has 0 aliphatic heterocycles. The van der Waals surface area contributed by atoms with E-state index in [4.69, 9.17) is 12.3 Å². The van der Waals surface area contributed by atoms with E-state index in [-0.39, 0.29) is 6.04 Å². The molecule has 1 N–H and O–H groups in total. The van der Waals surface area contributed by atoms with Crippen LogP contribution in [0.5, 0.6) is 5.75 Å². The Bertz CT molecular complexity index is 474. The maximum Gasteiger partial charge on any atom is 0.119 e. The minimum Gasteiger partial charge on any atom is -0.508 e. The molecule has 0 amide bonds. The van der Waals surface area contributed by atoms with Crippen molar-refractivity contribution < 1.29 is 17.4 Å². The topological polar surface area (TPSA) is 20.2 Å². The van der Waals surface area contributed by atoms with Gasteiger partial charge in [0.25, 0.3) is 0 Å². The van der Waals surface area contributed by atoms with Crippen LogP contribution in [0.3, 0.4) is 0 Å². The number of aromatic hydroxyl groups is 1. The summed E-state index contributed by atoms with van der Waals surface area (Å²) in [5.41, 5.74) is -0.759. The van der Waals surface area contributed by atoms with Crippen molar-refractivity contribution in [3.05, 3.63) is 29.8 Å². The van der Waals surface area contributed by atoms with Gasteiger partial charge in [-0.05, 0) is 17.5 Å². The molecule has 0 spiro atoms. The Labute approximate surface area is 74.0 Å². The molecule has 0 bridgehead atoms. The first kappa shape index (κ1) is 1.79. The van der Waals surface area contributed by atoms with Crippen LogP contribution in [0.2, 0.25) is 0 Å². The summed E-state index contributed by atoms with van der Waals surface area (Å²) in [4.78, 5) is 0. The minimum absolute atomic E-state index is 0.345. The van der Waals surface area contributed by atoms with Gasteiger partial charge in [0.2, 0.25) is 0 Å². The molecule has 10 heavy (non-hydrogen) atoms. The Kier molecular flexibility index (Phi) is 0.489. The van der Waals surface area contributed by atoms with Gasteiger partial charge < -0.3 is 5.11 Å². The summed E-state index contributed by atoms with van der Waals surface area (Å²) in [5.74, 6) is -4.00. The van der Waals surface area contributed by atoms with Gasteiger partial charge in [-0.15, -0.1) is 0 Å². The predicted octanol–water partition coefficient (Wildman–Crippen LogP) is 2.52. The summed E-state index contributed by atoms with van der Waals surface area (Å²) in [5, 5.41) is 9.69. The second-order valence-corrected chi connectivity index (χ2v) is 1.74. The van der Waals surface area contributed by atoms with Gasteiger partial charge in [-0.3, -0.25) is 0 Å². The fraction of sp³-hybridized carbons (Fsp3) is 0.333. The molecule has 54 valence electrons. The summed E-state index contributed by atoms with van der Waals surface area (Å²) >= 11 is 0. The van der Waals surface area contributed by atoms with Crippen LogP contribution in [-0.4, -0.2) is 5.11 Å². The van der Waals surface area contributed by atoms with E-state index in [1.807, 2.05) is 0 Å². The number of rotatable bonds is 1. The molecule has 1 aromatic carbocycles. The van der Waals surface area contributed by atoms with E-state index in [2.05, 4.69) is 0 Å². The van der Waals surface area contributed by atoms with Crippen LogP contribution < -0.4 is 0 Å². The molecule has 0 aliphatic rings. The lowest BCUT2D eigenvalue weighted by atomic mass is 10.0. The summed E-state index contributed by atoms with van der Waals surface area (Å²) in [7, 11) is 0. The molecule has 0 atom stereocenters. The zero-order chi connectivity index (χ0) is 15.2.